The summed E-state index contributed by atoms with van der Waals surface area (Å²) in [7, 11) is 0. The predicted molar refractivity (Wildman–Crippen MR) is 200 cm³/mol. The van der Waals surface area contributed by atoms with E-state index in [4.69, 9.17) is 19.4 Å². The third kappa shape index (κ3) is 5.56. The lowest BCUT2D eigenvalue weighted by atomic mass is 9.96. The minimum Gasteiger partial charge on any atom is -0.456 e. The fourth-order valence-electron chi connectivity index (χ4n) is 6.40. The minimum atomic E-state index is 0.601. The fourth-order valence-corrected chi connectivity index (χ4v) is 6.40. The standard InChI is InChI=1S/C45H29N3O/c1-4-11-30(12-5-1)31-19-21-32(22-20-31)35-17-10-18-36(27-35)37-24-26-41-40(28-37)39-25-23-38(29-42(39)49-41)45-47-43(33-13-6-2-7-14-33)46-44(48-45)34-15-8-3-9-16-34/h1-29H. The van der Waals surface area contributed by atoms with Gasteiger partial charge in [0.05, 0.1) is 0 Å². The molecule has 0 aliphatic rings. The molecule has 7 aromatic carbocycles. The van der Waals surface area contributed by atoms with E-state index in [-0.39, 0.29) is 0 Å². The van der Waals surface area contributed by atoms with Crippen LogP contribution in [-0.4, -0.2) is 15.0 Å². The van der Waals surface area contributed by atoms with Crippen LogP contribution in [0.2, 0.25) is 0 Å². The topological polar surface area (TPSA) is 51.8 Å². The van der Waals surface area contributed by atoms with Crippen molar-refractivity contribution in [2.24, 2.45) is 0 Å². The molecule has 9 aromatic rings. The van der Waals surface area contributed by atoms with Gasteiger partial charge in [-0.1, -0.05) is 146 Å². The SMILES string of the molecule is c1ccc(-c2ccc(-c3cccc(-c4ccc5oc6cc(-c7nc(-c8ccccc8)nc(-c8ccccc8)n7)ccc6c5c4)c3)cc2)cc1. The first-order chi connectivity index (χ1) is 24.2. The van der Waals surface area contributed by atoms with E-state index >= 15 is 0 Å². The molecule has 0 aliphatic carbocycles. The van der Waals surface area contributed by atoms with E-state index in [1.807, 2.05) is 72.8 Å². The molecular weight excluding hydrogens is 599 g/mol. The lowest BCUT2D eigenvalue weighted by Crippen LogP contribution is -2.00. The highest BCUT2D eigenvalue weighted by molar-refractivity contribution is 6.07. The van der Waals surface area contributed by atoms with Crippen molar-refractivity contribution in [2.45, 2.75) is 0 Å². The summed E-state index contributed by atoms with van der Waals surface area (Å²) in [6, 6.07) is 60.7. The molecular formula is C45H29N3O. The van der Waals surface area contributed by atoms with Crippen molar-refractivity contribution in [3.05, 3.63) is 176 Å². The average Bonchev–Trinajstić information content (AvgIpc) is 3.56. The first kappa shape index (κ1) is 28.6. The van der Waals surface area contributed by atoms with E-state index < -0.39 is 0 Å². The Bertz CT molecular complexity index is 2520. The van der Waals surface area contributed by atoms with E-state index in [9.17, 15) is 0 Å². The second-order valence-electron chi connectivity index (χ2n) is 12.1. The maximum atomic E-state index is 6.40. The van der Waals surface area contributed by atoms with Gasteiger partial charge in [0.2, 0.25) is 0 Å². The third-order valence-corrected chi connectivity index (χ3v) is 8.95. The summed E-state index contributed by atoms with van der Waals surface area (Å²) in [5.74, 6) is 1.87. The monoisotopic (exact) mass is 627 g/mol. The molecule has 0 radical (unpaired) electrons. The van der Waals surface area contributed by atoms with Crippen LogP contribution >= 0.6 is 0 Å². The Balaban J connectivity index is 1.07. The zero-order valence-corrected chi connectivity index (χ0v) is 26.5. The van der Waals surface area contributed by atoms with E-state index in [0.717, 1.165) is 49.8 Å². The molecule has 0 atom stereocenters. The van der Waals surface area contributed by atoms with Crippen molar-refractivity contribution in [1.29, 1.82) is 0 Å². The van der Waals surface area contributed by atoms with Crippen molar-refractivity contribution in [2.75, 3.05) is 0 Å². The highest BCUT2D eigenvalue weighted by Crippen LogP contribution is 2.36. The Morgan fingerprint density at radius 2 is 0.694 bits per heavy atom. The van der Waals surface area contributed by atoms with Crippen LogP contribution in [0.5, 0.6) is 0 Å². The third-order valence-electron chi connectivity index (χ3n) is 8.95. The summed E-state index contributed by atoms with van der Waals surface area (Å²) in [6.07, 6.45) is 0. The van der Waals surface area contributed by atoms with Crippen LogP contribution < -0.4 is 0 Å². The molecule has 9 rings (SSSR count). The van der Waals surface area contributed by atoms with E-state index in [1.54, 1.807) is 0 Å². The smallest absolute Gasteiger partial charge is 0.164 e. The number of rotatable bonds is 6. The summed E-state index contributed by atoms with van der Waals surface area (Å²) in [4.78, 5) is 14.6. The summed E-state index contributed by atoms with van der Waals surface area (Å²) in [5.41, 5.74) is 11.5. The van der Waals surface area contributed by atoms with E-state index in [0.29, 0.717) is 17.5 Å². The van der Waals surface area contributed by atoms with Crippen LogP contribution in [0.25, 0.3) is 89.5 Å². The molecule has 49 heavy (non-hydrogen) atoms. The molecule has 0 spiro atoms. The molecule has 4 nitrogen and oxygen atoms in total. The number of fused-ring (bicyclic) bond motifs is 3. The van der Waals surface area contributed by atoms with Crippen LogP contribution in [0.3, 0.4) is 0 Å². The van der Waals surface area contributed by atoms with Gasteiger partial charge in [-0.2, -0.15) is 0 Å². The maximum Gasteiger partial charge on any atom is 0.164 e. The van der Waals surface area contributed by atoms with Gasteiger partial charge < -0.3 is 4.42 Å². The lowest BCUT2D eigenvalue weighted by molar-refractivity contribution is 0.669. The van der Waals surface area contributed by atoms with Gasteiger partial charge in [0.1, 0.15) is 11.2 Å². The Kier molecular flexibility index (Phi) is 7.10. The van der Waals surface area contributed by atoms with Crippen LogP contribution in [-0.2, 0) is 0 Å². The first-order valence-corrected chi connectivity index (χ1v) is 16.4. The van der Waals surface area contributed by atoms with Gasteiger partial charge >= 0.3 is 0 Å². The number of hydrogen-bond acceptors (Lipinski definition) is 4. The van der Waals surface area contributed by atoms with Gasteiger partial charge in [-0.05, 0) is 63.7 Å². The fraction of sp³-hybridized carbons (Fsp3) is 0. The molecule has 0 saturated heterocycles. The highest BCUT2D eigenvalue weighted by Gasteiger charge is 2.15. The largest absolute Gasteiger partial charge is 0.456 e. The van der Waals surface area contributed by atoms with Crippen LogP contribution in [0.1, 0.15) is 0 Å². The Morgan fingerprint density at radius 1 is 0.265 bits per heavy atom. The quantitative estimate of drug-likeness (QED) is 0.184. The van der Waals surface area contributed by atoms with Gasteiger partial charge in [-0.25, -0.2) is 15.0 Å². The molecule has 0 unspecified atom stereocenters. The van der Waals surface area contributed by atoms with Crippen LogP contribution in [0.15, 0.2) is 180 Å². The normalized spacial score (nSPS) is 11.3. The summed E-state index contributed by atoms with van der Waals surface area (Å²) in [5, 5.41) is 2.12. The number of benzene rings is 7. The molecule has 0 aliphatic heterocycles. The molecule has 2 heterocycles. The highest BCUT2D eigenvalue weighted by atomic mass is 16.3. The molecule has 0 fully saturated rings. The molecule has 0 amide bonds. The van der Waals surface area contributed by atoms with Crippen molar-refractivity contribution < 1.29 is 4.42 Å². The second-order valence-corrected chi connectivity index (χ2v) is 12.1. The molecule has 0 N–H and O–H groups in total. The summed E-state index contributed by atoms with van der Waals surface area (Å²) < 4.78 is 6.40. The van der Waals surface area contributed by atoms with Gasteiger partial charge in [-0.15, -0.1) is 0 Å². The number of hydrogen-bond donors (Lipinski definition) is 0. The average molecular weight is 628 g/mol. The molecule has 4 heteroatoms. The lowest BCUT2D eigenvalue weighted by Gasteiger charge is -2.08. The molecule has 2 aromatic heterocycles. The number of aromatic nitrogens is 3. The van der Waals surface area contributed by atoms with Crippen molar-refractivity contribution in [1.82, 2.24) is 15.0 Å². The zero-order chi connectivity index (χ0) is 32.6. The molecule has 0 bridgehead atoms. The van der Waals surface area contributed by atoms with Crippen LogP contribution in [0, 0.1) is 0 Å². The Morgan fingerprint density at radius 3 is 1.31 bits per heavy atom. The van der Waals surface area contributed by atoms with E-state index in [1.165, 1.54) is 22.3 Å². The van der Waals surface area contributed by atoms with Crippen molar-refractivity contribution >= 4 is 21.9 Å². The van der Waals surface area contributed by atoms with Gasteiger partial charge in [0.25, 0.3) is 0 Å². The van der Waals surface area contributed by atoms with Crippen molar-refractivity contribution in [3.8, 4) is 67.5 Å². The zero-order valence-electron chi connectivity index (χ0n) is 26.5. The summed E-state index contributed by atoms with van der Waals surface area (Å²) >= 11 is 0. The minimum absolute atomic E-state index is 0.601. The predicted octanol–water partition coefficient (Wildman–Crippen LogP) is 11.8. The van der Waals surface area contributed by atoms with Crippen LogP contribution in [0.4, 0.5) is 0 Å². The molecule has 0 saturated carbocycles. The van der Waals surface area contributed by atoms with Gasteiger partial charge in [-0.3, -0.25) is 0 Å². The Labute approximate surface area is 284 Å². The molecule has 230 valence electrons. The first-order valence-electron chi connectivity index (χ1n) is 16.4. The van der Waals surface area contributed by atoms with Gasteiger partial charge in [0.15, 0.2) is 17.5 Å². The second kappa shape index (κ2) is 12.2. The van der Waals surface area contributed by atoms with E-state index in [2.05, 4.69) is 103 Å². The number of nitrogens with zero attached hydrogens (tertiary/aromatic N) is 3. The Hall–Kier alpha value is -6.65. The number of furan rings is 1. The van der Waals surface area contributed by atoms with Gasteiger partial charge in [0, 0.05) is 27.5 Å². The summed E-state index contributed by atoms with van der Waals surface area (Å²) in [6.45, 7) is 0. The maximum absolute atomic E-state index is 6.40. The van der Waals surface area contributed by atoms with Crippen molar-refractivity contribution in [3.63, 3.8) is 0 Å².